The molecule has 0 saturated carbocycles. The number of alkyl halides is 1. The molecule has 0 aliphatic rings. The second-order valence-corrected chi connectivity index (χ2v) is 4.68. The van der Waals surface area contributed by atoms with Gasteiger partial charge in [-0.25, -0.2) is 13.2 Å². The Morgan fingerprint density at radius 3 is 2.20 bits per heavy atom. The first kappa shape index (κ1) is 9.71. The van der Waals surface area contributed by atoms with Crippen molar-refractivity contribution in [3.63, 3.8) is 0 Å². The average Bonchev–Trinajstić information content (AvgIpc) is 1.86. The zero-order valence-corrected chi connectivity index (χ0v) is 6.82. The number of aliphatic carboxylic acids is 1. The lowest BCUT2D eigenvalue weighted by molar-refractivity contribution is -0.134. The van der Waals surface area contributed by atoms with Gasteiger partial charge in [0.25, 0.3) is 0 Å². The topological polar surface area (TPSA) is 71.4 Å². The zero-order valence-electron chi connectivity index (χ0n) is 5.24. The molecule has 60 valence electrons. The summed E-state index contributed by atoms with van der Waals surface area (Å²) in [4.78, 5) is 9.99. The third-order valence-corrected chi connectivity index (χ3v) is 3.55. The quantitative estimate of drug-likeness (QED) is 0.634. The van der Waals surface area contributed by atoms with Crippen molar-refractivity contribution >= 4 is 27.4 Å². The molecule has 0 aliphatic carbocycles. The van der Waals surface area contributed by atoms with E-state index in [0.717, 1.165) is 0 Å². The Bertz CT molecular complexity index is 219. The predicted molar refractivity (Wildman–Crippen MR) is 36.7 cm³/mol. The maximum absolute atomic E-state index is 10.6. The van der Waals surface area contributed by atoms with Crippen LogP contribution in [0.25, 0.3) is 0 Å². The summed E-state index contributed by atoms with van der Waals surface area (Å²) in [5, 5.41) is 8.14. The van der Waals surface area contributed by atoms with Crippen molar-refractivity contribution in [2.75, 3.05) is 5.75 Å². The smallest absolute Gasteiger partial charge is 0.337 e. The molecular formula is C4H7ClO4S. The number of sulfone groups is 1. The van der Waals surface area contributed by atoms with Crippen LogP contribution in [-0.2, 0) is 14.6 Å². The Kier molecular flexibility index (Phi) is 3.11. The third-order valence-electron chi connectivity index (χ3n) is 0.912. The van der Waals surface area contributed by atoms with Crippen LogP contribution in [0.5, 0.6) is 0 Å². The molecule has 0 radical (unpaired) electrons. The van der Waals surface area contributed by atoms with Crippen LogP contribution in [0.3, 0.4) is 0 Å². The van der Waals surface area contributed by atoms with Gasteiger partial charge in [-0.1, -0.05) is 18.5 Å². The molecule has 0 amide bonds. The second kappa shape index (κ2) is 3.21. The molecule has 0 aromatic carbocycles. The van der Waals surface area contributed by atoms with E-state index in [1.165, 1.54) is 6.92 Å². The van der Waals surface area contributed by atoms with Gasteiger partial charge in [-0.15, -0.1) is 0 Å². The number of rotatable bonds is 3. The SMILES string of the molecule is CCS(=O)(=O)C(Cl)C(=O)O. The minimum Gasteiger partial charge on any atom is -0.479 e. The van der Waals surface area contributed by atoms with Crippen molar-refractivity contribution in [2.45, 2.75) is 11.6 Å². The minimum absolute atomic E-state index is 0.256. The fraction of sp³-hybridized carbons (Fsp3) is 0.750. The van der Waals surface area contributed by atoms with Gasteiger partial charge in [-0.3, -0.25) is 0 Å². The fourth-order valence-electron chi connectivity index (χ4n) is 0.300. The molecular weight excluding hydrogens is 180 g/mol. The lowest BCUT2D eigenvalue weighted by Gasteiger charge is -2.01. The van der Waals surface area contributed by atoms with Crippen LogP contribution in [-0.4, -0.2) is 30.0 Å². The van der Waals surface area contributed by atoms with Gasteiger partial charge in [0.2, 0.25) is 4.71 Å². The Balaban J connectivity index is 4.51. The summed E-state index contributed by atoms with van der Waals surface area (Å²) in [5.41, 5.74) is 0. The van der Waals surface area contributed by atoms with E-state index in [-0.39, 0.29) is 5.75 Å². The molecule has 1 atom stereocenters. The molecule has 0 fully saturated rings. The van der Waals surface area contributed by atoms with Gasteiger partial charge in [0, 0.05) is 5.75 Å². The molecule has 1 N–H and O–H groups in total. The standard InChI is InChI=1S/C4H7ClO4S/c1-2-10(8,9)3(5)4(6)7/h3H,2H2,1H3,(H,6,7). The van der Waals surface area contributed by atoms with E-state index in [2.05, 4.69) is 0 Å². The van der Waals surface area contributed by atoms with Crippen LogP contribution < -0.4 is 0 Å². The van der Waals surface area contributed by atoms with Crippen molar-refractivity contribution in [1.82, 2.24) is 0 Å². The molecule has 0 aromatic heterocycles. The average molecular weight is 187 g/mol. The molecule has 6 heteroatoms. The van der Waals surface area contributed by atoms with Crippen LogP contribution in [0.15, 0.2) is 0 Å². The van der Waals surface area contributed by atoms with Crippen LogP contribution in [0, 0.1) is 0 Å². The highest BCUT2D eigenvalue weighted by atomic mass is 35.5. The Hall–Kier alpha value is -0.290. The van der Waals surface area contributed by atoms with Gasteiger partial charge in [0.15, 0.2) is 9.84 Å². The van der Waals surface area contributed by atoms with Crippen LogP contribution in [0.2, 0.25) is 0 Å². The highest BCUT2D eigenvalue weighted by molar-refractivity contribution is 7.94. The predicted octanol–water partition coefficient (Wildman–Crippen LogP) is 0.0706. The van der Waals surface area contributed by atoms with E-state index in [4.69, 9.17) is 16.7 Å². The van der Waals surface area contributed by atoms with E-state index < -0.39 is 20.5 Å². The molecule has 4 nitrogen and oxygen atoms in total. The molecule has 0 heterocycles. The molecule has 0 spiro atoms. The molecule has 1 unspecified atom stereocenters. The van der Waals surface area contributed by atoms with Crippen LogP contribution in [0.4, 0.5) is 0 Å². The normalized spacial score (nSPS) is 14.6. The molecule has 0 bridgehead atoms. The molecule has 0 aliphatic heterocycles. The van der Waals surface area contributed by atoms with Crippen molar-refractivity contribution in [2.24, 2.45) is 0 Å². The third kappa shape index (κ3) is 2.15. The number of carbonyl (C=O) groups is 1. The zero-order chi connectivity index (χ0) is 8.36. The highest BCUT2D eigenvalue weighted by Gasteiger charge is 2.27. The van der Waals surface area contributed by atoms with Gasteiger partial charge in [0.1, 0.15) is 0 Å². The maximum Gasteiger partial charge on any atom is 0.337 e. The van der Waals surface area contributed by atoms with Gasteiger partial charge < -0.3 is 5.11 Å². The fourth-order valence-corrected chi connectivity index (χ4v) is 1.28. The lowest BCUT2D eigenvalue weighted by atomic mass is 10.8. The van der Waals surface area contributed by atoms with Crippen LogP contribution >= 0.6 is 11.6 Å². The number of hydrogen-bond donors (Lipinski definition) is 1. The summed E-state index contributed by atoms with van der Waals surface area (Å²) in [6.45, 7) is 1.34. The maximum atomic E-state index is 10.6. The molecule has 10 heavy (non-hydrogen) atoms. The Morgan fingerprint density at radius 2 is 2.10 bits per heavy atom. The van der Waals surface area contributed by atoms with Crippen molar-refractivity contribution in [3.05, 3.63) is 0 Å². The Labute approximate surface area is 63.7 Å². The molecule has 0 saturated heterocycles. The summed E-state index contributed by atoms with van der Waals surface area (Å²) >= 11 is 5.02. The summed E-state index contributed by atoms with van der Waals surface area (Å²) in [7, 11) is -3.63. The first-order chi connectivity index (χ1) is 4.41. The summed E-state index contributed by atoms with van der Waals surface area (Å²) in [6, 6.07) is 0. The summed E-state index contributed by atoms with van der Waals surface area (Å²) < 4.78 is 19.4. The second-order valence-electron chi connectivity index (χ2n) is 1.61. The van der Waals surface area contributed by atoms with Gasteiger partial charge in [-0.2, -0.15) is 0 Å². The summed E-state index contributed by atoms with van der Waals surface area (Å²) in [5.74, 6) is -1.78. The number of halogens is 1. The van der Waals surface area contributed by atoms with E-state index >= 15 is 0 Å². The van der Waals surface area contributed by atoms with Gasteiger partial charge in [0.05, 0.1) is 0 Å². The molecule has 0 rings (SSSR count). The first-order valence-corrected chi connectivity index (χ1v) is 4.65. The van der Waals surface area contributed by atoms with E-state index in [9.17, 15) is 13.2 Å². The van der Waals surface area contributed by atoms with Crippen molar-refractivity contribution in [1.29, 1.82) is 0 Å². The van der Waals surface area contributed by atoms with Gasteiger partial charge >= 0.3 is 5.97 Å². The van der Waals surface area contributed by atoms with Crippen molar-refractivity contribution < 1.29 is 18.3 Å². The molecule has 0 aromatic rings. The largest absolute Gasteiger partial charge is 0.479 e. The lowest BCUT2D eigenvalue weighted by Crippen LogP contribution is -2.25. The highest BCUT2D eigenvalue weighted by Crippen LogP contribution is 2.06. The monoisotopic (exact) mass is 186 g/mol. The van der Waals surface area contributed by atoms with E-state index in [1.54, 1.807) is 0 Å². The Morgan fingerprint density at radius 1 is 1.70 bits per heavy atom. The van der Waals surface area contributed by atoms with E-state index in [1.807, 2.05) is 0 Å². The number of carboxylic acid groups (broad SMARTS) is 1. The van der Waals surface area contributed by atoms with Crippen molar-refractivity contribution in [3.8, 4) is 0 Å². The number of hydrogen-bond acceptors (Lipinski definition) is 3. The van der Waals surface area contributed by atoms with Gasteiger partial charge in [-0.05, 0) is 0 Å². The number of carboxylic acids is 1. The summed E-state index contributed by atoms with van der Waals surface area (Å²) in [6.07, 6.45) is 0. The minimum atomic E-state index is -3.63. The first-order valence-electron chi connectivity index (χ1n) is 2.50. The van der Waals surface area contributed by atoms with Crippen LogP contribution in [0.1, 0.15) is 6.92 Å². The van der Waals surface area contributed by atoms with E-state index in [0.29, 0.717) is 0 Å².